The van der Waals surface area contributed by atoms with Gasteiger partial charge in [-0.3, -0.25) is 4.79 Å². The molecule has 2 rings (SSSR count). The molecule has 0 fully saturated rings. The van der Waals surface area contributed by atoms with Crippen LogP contribution in [0.25, 0.3) is 0 Å². The molecule has 0 radical (unpaired) electrons. The highest BCUT2D eigenvalue weighted by molar-refractivity contribution is 5.97. The van der Waals surface area contributed by atoms with Gasteiger partial charge in [-0.1, -0.05) is 31.4 Å². The van der Waals surface area contributed by atoms with Crippen LogP contribution in [-0.4, -0.2) is 12.5 Å². The standard InChI is InChI=1S/C16H18N2O/c1-3-5-12(4-2)11-18-15-8-7-14(17)10-13(15)6-9-16(18)19/h3-5,7-8,10H,1-2,6,9,11,17H2/b12-5+. The Morgan fingerprint density at radius 3 is 2.84 bits per heavy atom. The van der Waals surface area contributed by atoms with Crippen LogP contribution in [0.15, 0.2) is 55.2 Å². The van der Waals surface area contributed by atoms with Crippen molar-refractivity contribution in [3.63, 3.8) is 0 Å². The zero-order valence-corrected chi connectivity index (χ0v) is 10.9. The Hall–Kier alpha value is -2.29. The molecule has 0 saturated carbocycles. The number of amides is 1. The molecule has 1 aliphatic rings. The van der Waals surface area contributed by atoms with Gasteiger partial charge in [0.15, 0.2) is 0 Å². The second-order valence-corrected chi connectivity index (χ2v) is 4.55. The lowest BCUT2D eigenvalue weighted by Gasteiger charge is -2.30. The number of nitrogen functional groups attached to an aromatic ring is 1. The Balaban J connectivity index is 2.35. The maximum absolute atomic E-state index is 12.1. The van der Waals surface area contributed by atoms with Crippen molar-refractivity contribution >= 4 is 17.3 Å². The molecule has 1 aromatic rings. The molecule has 19 heavy (non-hydrogen) atoms. The number of benzene rings is 1. The van der Waals surface area contributed by atoms with Gasteiger partial charge in [-0.2, -0.15) is 0 Å². The van der Waals surface area contributed by atoms with E-state index in [1.54, 1.807) is 17.1 Å². The van der Waals surface area contributed by atoms with Gasteiger partial charge in [0.1, 0.15) is 0 Å². The summed E-state index contributed by atoms with van der Waals surface area (Å²) in [4.78, 5) is 13.9. The summed E-state index contributed by atoms with van der Waals surface area (Å²) in [5.74, 6) is 0.133. The van der Waals surface area contributed by atoms with Gasteiger partial charge in [0.05, 0.1) is 6.54 Å². The summed E-state index contributed by atoms with van der Waals surface area (Å²) < 4.78 is 0. The minimum absolute atomic E-state index is 0.133. The number of fused-ring (bicyclic) bond motifs is 1. The topological polar surface area (TPSA) is 46.3 Å². The molecule has 0 spiro atoms. The molecule has 3 heteroatoms. The number of hydrogen-bond acceptors (Lipinski definition) is 2. The van der Waals surface area contributed by atoms with Crippen molar-refractivity contribution in [2.24, 2.45) is 0 Å². The molecule has 2 N–H and O–H groups in total. The number of nitrogens with two attached hydrogens (primary N) is 1. The average Bonchev–Trinajstić information content (AvgIpc) is 2.41. The van der Waals surface area contributed by atoms with Crippen molar-refractivity contribution in [1.29, 1.82) is 0 Å². The number of carbonyl (C=O) groups excluding carboxylic acids is 1. The minimum Gasteiger partial charge on any atom is -0.399 e. The summed E-state index contributed by atoms with van der Waals surface area (Å²) in [7, 11) is 0. The van der Waals surface area contributed by atoms with Crippen LogP contribution >= 0.6 is 0 Å². The van der Waals surface area contributed by atoms with Crippen molar-refractivity contribution in [2.75, 3.05) is 17.2 Å². The maximum Gasteiger partial charge on any atom is 0.227 e. The first kappa shape index (κ1) is 13.1. The van der Waals surface area contributed by atoms with Gasteiger partial charge in [-0.25, -0.2) is 0 Å². The third kappa shape index (κ3) is 2.76. The van der Waals surface area contributed by atoms with Crippen LogP contribution in [0.4, 0.5) is 11.4 Å². The summed E-state index contributed by atoms with van der Waals surface area (Å²) in [6.07, 6.45) is 6.60. The number of carbonyl (C=O) groups is 1. The molecule has 1 aromatic carbocycles. The largest absolute Gasteiger partial charge is 0.399 e. The molecular weight excluding hydrogens is 236 g/mol. The molecule has 0 unspecified atom stereocenters. The van der Waals surface area contributed by atoms with Crippen LogP contribution in [0.3, 0.4) is 0 Å². The Morgan fingerprint density at radius 1 is 1.37 bits per heavy atom. The summed E-state index contributed by atoms with van der Waals surface area (Å²) in [5.41, 5.74) is 9.57. The lowest BCUT2D eigenvalue weighted by Crippen LogP contribution is -2.36. The number of aryl methyl sites for hydroxylation is 1. The Labute approximate surface area is 113 Å². The Bertz CT molecular complexity index is 558. The quantitative estimate of drug-likeness (QED) is 0.663. The molecular formula is C16H18N2O. The normalized spacial score (nSPS) is 15.1. The molecule has 0 atom stereocenters. The molecule has 0 aromatic heterocycles. The molecule has 1 amide bonds. The van der Waals surface area contributed by atoms with Crippen LogP contribution < -0.4 is 10.6 Å². The number of hydrogen-bond donors (Lipinski definition) is 1. The van der Waals surface area contributed by atoms with Gasteiger partial charge in [-0.15, -0.1) is 0 Å². The highest BCUT2D eigenvalue weighted by Crippen LogP contribution is 2.30. The highest BCUT2D eigenvalue weighted by atomic mass is 16.2. The molecule has 0 aliphatic carbocycles. The number of nitrogens with zero attached hydrogens (tertiary/aromatic N) is 1. The fourth-order valence-corrected chi connectivity index (χ4v) is 2.27. The fourth-order valence-electron chi connectivity index (χ4n) is 2.27. The Morgan fingerprint density at radius 2 is 2.16 bits per heavy atom. The SMILES string of the molecule is C=C/C=C(\C=C)CN1C(=O)CCc2cc(N)ccc21. The summed E-state index contributed by atoms with van der Waals surface area (Å²) in [6, 6.07) is 5.69. The van der Waals surface area contributed by atoms with E-state index in [-0.39, 0.29) is 5.91 Å². The third-order valence-corrected chi connectivity index (χ3v) is 3.24. The van der Waals surface area contributed by atoms with E-state index in [0.717, 1.165) is 28.9 Å². The van der Waals surface area contributed by atoms with Gasteiger partial charge in [0.2, 0.25) is 5.91 Å². The Kier molecular flexibility index (Phi) is 3.85. The van der Waals surface area contributed by atoms with Crippen molar-refractivity contribution in [3.05, 3.63) is 60.7 Å². The lowest BCUT2D eigenvalue weighted by molar-refractivity contribution is -0.118. The van der Waals surface area contributed by atoms with E-state index in [9.17, 15) is 4.79 Å². The van der Waals surface area contributed by atoms with Crippen LogP contribution in [0, 0.1) is 0 Å². The fraction of sp³-hybridized carbons (Fsp3) is 0.188. The van der Waals surface area contributed by atoms with E-state index in [4.69, 9.17) is 5.73 Å². The number of rotatable bonds is 4. The molecule has 98 valence electrons. The smallest absolute Gasteiger partial charge is 0.227 e. The van der Waals surface area contributed by atoms with Gasteiger partial charge < -0.3 is 10.6 Å². The van der Waals surface area contributed by atoms with E-state index in [0.29, 0.717) is 13.0 Å². The summed E-state index contributed by atoms with van der Waals surface area (Å²) in [6.45, 7) is 7.96. The van der Waals surface area contributed by atoms with E-state index in [1.165, 1.54) is 0 Å². The van der Waals surface area contributed by atoms with Crippen LogP contribution in [-0.2, 0) is 11.2 Å². The van der Waals surface area contributed by atoms with Gasteiger partial charge in [0.25, 0.3) is 0 Å². The molecule has 0 saturated heterocycles. The molecule has 0 bridgehead atoms. The first-order chi connectivity index (χ1) is 9.15. The second-order valence-electron chi connectivity index (χ2n) is 4.55. The van der Waals surface area contributed by atoms with E-state index < -0.39 is 0 Å². The van der Waals surface area contributed by atoms with Crippen LogP contribution in [0.5, 0.6) is 0 Å². The van der Waals surface area contributed by atoms with Crippen LogP contribution in [0.1, 0.15) is 12.0 Å². The average molecular weight is 254 g/mol. The van der Waals surface area contributed by atoms with Crippen molar-refractivity contribution < 1.29 is 4.79 Å². The first-order valence-corrected chi connectivity index (χ1v) is 6.28. The zero-order valence-electron chi connectivity index (χ0n) is 10.9. The first-order valence-electron chi connectivity index (χ1n) is 6.28. The summed E-state index contributed by atoms with van der Waals surface area (Å²) in [5, 5.41) is 0. The summed E-state index contributed by atoms with van der Waals surface area (Å²) >= 11 is 0. The molecule has 3 nitrogen and oxygen atoms in total. The highest BCUT2D eigenvalue weighted by Gasteiger charge is 2.24. The zero-order chi connectivity index (χ0) is 13.8. The molecule has 1 aliphatic heterocycles. The maximum atomic E-state index is 12.1. The van der Waals surface area contributed by atoms with Gasteiger partial charge >= 0.3 is 0 Å². The van der Waals surface area contributed by atoms with Crippen LogP contribution in [0.2, 0.25) is 0 Å². The lowest BCUT2D eigenvalue weighted by atomic mass is 9.99. The van der Waals surface area contributed by atoms with E-state index >= 15 is 0 Å². The molecule has 1 heterocycles. The second kappa shape index (κ2) is 5.57. The predicted molar refractivity (Wildman–Crippen MR) is 80.0 cm³/mol. The van der Waals surface area contributed by atoms with Crippen molar-refractivity contribution in [3.8, 4) is 0 Å². The number of anilines is 2. The van der Waals surface area contributed by atoms with Gasteiger partial charge in [0, 0.05) is 17.8 Å². The van der Waals surface area contributed by atoms with Crippen molar-refractivity contribution in [2.45, 2.75) is 12.8 Å². The third-order valence-electron chi connectivity index (χ3n) is 3.24. The van der Waals surface area contributed by atoms with Crippen molar-refractivity contribution in [1.82, 2.24) is 0 Å². The minimum atomic E-state index is 0.133. The number of allylic oxidation sites excluding steroid dienone is 2. The monoisotopic (exact) mass is 254 g/mol. The van der Waals surface area contributed by atoms with E-state index in [1.807, 2.05) is 24.3 Å². The van der Waals surface area contributed by atoms with E-state index in [2.05, 4.69) is 13.2 Å². The predicted octanol–water partition coefficient (Wildman–Crippen LogP) is 2.85. The van der Waals surface area contributed by atoms with Gasteiger partial charge in [-0.05, 0) is 35.8 Å².